The van der Waals surface area contributed by atoms with Crippen LogP contribution in [0.5, 0.6) is 5.75 Å². The first kappa shape index (κ1) is 18.7. The van der Waals surface area contributed by atoms with Crippen molar-refractivity contribution in [2.75, 3.05) is 32.4 Å². The minimum Gasteiger partial charge on any atom is -0.487 e. The minimum atomic E-state index is -3.21. The van der Waals surface area contributed by atoms with Gasteiger partial charge >= 0.3 is 0 Å². The molecule has 1 aliphatic rings. The van der Waals surface area contributed by atoms with Crippen molar-refractivity contribution in [2.24, 2.45) is 0 Å². The van der Waals surface area contributed by atoms with Gasteiger partial charge in [0.1, 0.15) is 18.1 Å². The Labute approximate surface area is 156 Å². The van der Waals surface area contributed by atoms with Crippen LogP contribution in [-0.4, -0.2) is 64.7 Å². The number of ether oxygens (including phenoxy) is 1. The number of aryl methyl sites for hydroxylation is 1. The van der Waals surface area contributed by atoms with Crippen molar-refractivity contribution in [2.45, 2.75) is 13.5 Å². The van der Waals surface area contributed by atoms with E-state index in [1.807, 2.05) is 6.92 Å². The molecule has 1 amide bonds. The van der Waals surface area contributed by atoms with Crippen LogP contribution in [-0.2, 0) is 16.6 Å². The summed E-state index contributed by atoms with van der Waals surface area (Å²) in [7, 11) is -3.21. The summed E-state index contributed by atoms with van der Waals surface area (Å²) in [6.45, 7) is 3.56. The molecule has 3 rings (SSSR count). The van der Waals surface area contributed by atoms with Gasteiger partial charge in [-0.2, -0.15) is 13.1 Å². The van der Waals surface area contributed by atoms with Crippen LogP contribution in [0.4, 0.5) is 0 Å². The quantitative estimate of drug-likeness (QED) is 0.753. The Morgan fingerprint density at radius 1 is 1.23 bits per heavy atom. The van der Waals surface area contributed by atoms with Gasteiger partial charge in [0, 0.05) is 31.7 Å². The van der Waals surface area contributed by atoms with E-state index in [2.05, 4.69) is 8.75 Å². The second kappa shape index (κ2) is 7.68. The predicted molar refractivity (Wildman–Crippen MR) is 97.7 cm³/mol. The Balaban J connectivity index is 1.62. The van der Waals surface area contributed by atoms with Gasteiger partial charge in [-0.25, -0.2) is 8.42 Å². The summed E-state index contributed by atoms with van der Waals surface area (Å²) in [5, 5.41) is 0. The fraction of sp³-hybridized carbons (Fsp3) is 0.438. The summed E-state index contributed by atoms with van der Waals surface area (Å²) in [6.07, 6.45) is 1.19. The maximum atomic E-state index is 12.7. The van der Waals surface area contributed by atoms with Gasteiger partial charge < -0.3 is 9.64 Å². The smallest absolute Gasteiger partial charge is 0.254 e. The molecular formula is C16H20N4O4S2. The maximum Gasteiger partial charge on any atom is 0.254 e. The molecule has 1 aliphatic heterocycles. The highest BCUT2D eigenvalue weighted by Crippen LogP contribution is 2.18. The average Bonchev–Trinajstić information content (AvgIpc) is 3.04. The fourth-order valence-corrected chi connectivity index (χ4v) is 4.04. The molecular weight excluding hydrogens is 376 g/mol. The van der Waals surface area contributed by atoms with E-state index in [-0.39, 0.29) is 5.91 Å². The first-order valence-electron chi connectivity index (χ1n) is 8.10. The first-order valence-corrected chi connectivity index (χ1v) is 10.7. The van der Waals surface area contributed by atoms with Gasteiger partial charge in [0.25, 0.3) is 5.91 Å². The molecule has 10 heteroatoms. The molecule has 1 aromatic carbocycles. The molecule has 0 atom stereocenters. The normalized spacial score (nSPS) is 15.8. The lowest BCUT2D eigenvalue weighted by Crippen LogP contribution is -2.50. The number of piperazine rings is 1. The van der Waals surface area contributed by atoms with E-state index in [9.17, 15) is 13.2 Å². The molecule has 8 nitrogen and oxygen atoms in total. The molecule has 0 bridgehead atoms. The average molecular weight is 396 g/mol. The number of amides is 1. The van der Waals surface area contributed by atoms with E-state index in [1.165, 1.54) is 10.6 Å². The van der Waals surface area contributed by atoms with Crippen LogP contribution in [0.1, 0.15) is 21.7 Å². The van der Waals surface area contributed by atoms with Crippen LogP contribution in [0.2, 0.25) is 0 Å². The number of benzene rings is 1. The van der Waals surface area contributed by atoms with Crippen molar-refractivity contribution in [1.82, 2.24) is 18.0 Å². The second-order valence-corrected chi connectivity index (χ2v) is 8.58. The zero-order valence-electron chi connectivity index (χ0n) is 14.6. The highest BCUT2D eigenvalue weighted by atomic mass is 32.2. The Morgan fingerprint density at radius 3 is 2.58 bits per heavy atom. The van der Waals surface area contributed by atoms with Crippen molar-refractivity contribution in [1.29, 1.82) is 0 Å². The third-order valence-electron chi connectivity index (χ3n) is 4.20. The van der Waals surface area contributed by atoms with Crippen LogP contribution in [0.25, 0.3) is 0 Å². The molecule has 1 saturated heterocycles. The van der Waals surface area contributed by atoms with Gasteiger partial charge in [0.2, 0.25) is 10.0 Å². The molecule has 0 N–H and O–H groups in total. The van der Waals surface area contributed by atoms with Crippen molar-refractivity contribution in [3.63, 3.8) is 0 Å². The van der Waals surface area contributed by atoms with Crippen molar-refractivity contribution in [3.05, 3.63) is 41.2 Å². The number of carbonyl (C=O) groups is 1. The maximum absolute atomic E-state index is 12.7. The Hall–Kier alpha value is -2.04. The third kappa shape index (κ3) is 4.37. The van der Waals surface area contributed by atoms with Gasteiger partial charge in [-0.1, -0.05) is 6.07 Å². The Morgan fingerprint density at radius 2 is 1.96 bits per heavy atom. The summed E-state index contributed by atoms with van der Waals surface area (Å²) in [5.41, 5.74) is 2.14. The minimum absolute atomic E-state index is 0.130. The molecule has 140 valence electrons. The fourth-order valence-electron chi connectivity index (χ4n) is 2.66. The third-order valence-corrected chi connectivity index (χ3v) is 6.16. The van der Waals surface area contributed by atoms with Crippen LogP contribution in [0, 0.1) is 6.92 Å². The van der Waals surface area contributed by atoms with Crippen LogP contribution >= 0.6 is 11.7 Å². The van der Waals surface area contributed by atoms with E-state index in [0.29, 0.717) is 44.1 Å². The lowest BCUT2D eigenvalue weighted by Gasteiger charge is -2.33. The zero-order chi connectivity index (χ0) is 18.7. The molecule has 0 spiro atoms. The van der Waals surface area contributed by atoms with Gasteiger partial charge in [0.15, 0.2) is 0 Å². The number of rotatable bonds is 5. The molecule has 1 fully saturated rings. The van der Waals surface area contributed by atoms with Gasteiger partial charge in [0.05, 0.1) is 23.7 Å². The molecule has 0 aliphatic carbocycles. The van der Waals surface area contributed by atoms with Crippen LogP contribution in [0.15, 0.2) is 24.3 Å². The highest BCUT2D eigenvalue weighted by Gasteiger charge is 2.26. The van der Waals surface area contributed by atoms with Crippen LogP contribution < -0.4 is 4.74 Å². The van der Waals surface area contributed by atoms with Gasteiger partial charge in [-0.15, -0.1) is 0 Å². The summed E-state index contributed by atoms with van der Waals surface area (Å²) < 4.78 is 38.5. The van der Waals surface area contributed by atoms with Gasteiger partial charge in [-0.3, -0.25) is 4.79 Å². The summed E-state index contributed by atoms with van der Waals surface area (Å²) in [4.78, 5) is 14.3. The molecule has 0 radical (unpaired) electrons. The van der Waals surface area contributed by atoms with E-state index in [1.54, 1.807) is 29.2 Å². The first-order chi connectivity index (χ1) is 12.3. The largest absolute Gasteiger partial charge is 0.487 e. The number of carbonyl (C=O) groups excluding carboxylic acids is 1. The number of sulfonamides is 1. The molecule has 0 unspecified atom stereocenters. The second-order valence-electron chi connectivity index (χ2n) is 6.07. The summed E-state index contributed by atoms with van der Waals surface area (Å²) in [6, 6.07) is 6.98. The van der Waals surface area contributed by atoms with Crippen molar-refractivity contribution >= 4 is 27.7 Å². The topological polar surface area (TPSA) is 92.7 Å². The highest BCUT2D eigenvalue weighted by molar-refractivity contribution is 7.88. The van der Waals surface area contributed by atoms with E-state index >= 15 is 0 Å². The zero-order valence-corrected chi connectivity index (χ0v) is 16.2. The van der Waals surface area contributed by atoms with E-state index in [4.69, 9.17) is 4.74 Å². The summed E-state index contributed by atoms with van der Waals surface area (Å²) in [5.74, 6) is 0.452. The number of aromatic nitrogens is 2. The molecule has 26 heavy (non-hydrogen) atoms. The van der Waals surface area contributed by atoms with Crippen molar-refractivity contribution < 1.29 is 17.9 Å². The number of hydrogen-bond donors (Lipinski definition) is 0. The standard InChI is InChI=1S/C16H20N4O4S2/c1-12-15(18-25-17-12)11-24-14-5-3-4-13(10-14)16(21)19-6-8-20(9-7-19)26(2,22)23/h3-5,10H,6-9,11H2,1-2H3. The molecule has 1 aromatic heterocycles. The Bertz CT molecular complexity index is 889. The summed E-state index contributed by atoms with van der Waals surface area (Å²) >= 11 is 1.14. The molecule has 2 heterocycles. The van der Waals surface area contributed by atoms with Crippen LogP contribution in [0.3, 0.4) is 0 Å². The SMILES string of the molecule is Cc1nsnc1COc1cccc(C(=O)N2CCN(S(C)(=O)=O)CC2)c1. The van der Waals surface area contributed by atoms with Crippen molar-refractivity contribution in [3.8, 4) is 5.75 Å². The van der Waals surface area contributed by atoms with Gasteiger partial charge in [-0.05, 0) is 25.1 Å². The van der Waals surface area contributed by atoms with E-state index in [0.717, 1.165) is 23.1 Å². The number of hydrogen-bond acceptors (Lipinski definition) is 7. The number of nitrogens with zero attached hydrogens (tertiary/aromatic N) is 4. The lowest BCUT2D eigenvalue weighted by atomic mass is 10.1. The monoisotopic (exact) mass is 396 g/mol. The lowest BCUT2D eigenvalue weighted by molar-refractivity contribution is 0.0697. The predicted octanol–water partition coefficient (Wildman–Crippen LogP) is 1.14. The molecule has 2 aromatic rings. The molecule has 0 saturated carbocycles. The Kier molecular flexibility index (Phi) is 5.54. The van der Waals surface area contributed by atoms with E-state index < -0.39 is 10.0 Å².